The number of hydrogen-bond donors (Lipinski definition) is 2. The number of anilines is 1. The third kappa shape index (κ3) is 3.39. The van der Waals surface area contributed by atoms with Crippen LogP contribution in [0, 0.1) is 10.1 Å². The molecule has 0 saturated carbocycles. The molecule has 0 radical (unpaired) electrons. The van der Waals surface area contributed by atoms with Crippen molar-refractivity contribution in [2.75, 3.05) is 25.6 Å². The fraction of sp³-hybridized carbons (Fsp3) is 0.400. The maximum absolute atomic E-state index is 11.3. The van der Waals surface area contributed by atoms with Crippen LogP contribution in [-0.4, -0.2) is 41.2 Å². The number of carbonyl (C=O) groups is 1. The van der Waals surface area contributed by atoms with E-state index in [9.17, 15) is 14.9 Å². The van der Waals surface area contributed by atoms with Crippen LogP contribution in [0.5, 0.6) is 0 Å². The summed E-state index contributed by atoms with van der Waals surface area (Å²) in [4.78, 5) is 25.2. The van der Waals surface area contributed by atoms with Crippen LogP contribution < -0.4 is 5.32 Å². The first-order chi connectivity index (χ1) is 8.60. The molecule has 0 saturated heterocycles. The Labute approximate surface area is 103 Å². The molecule has 1 heterocycles. The Morgan fingerprint density at radius 1 is 1.61 bits per heavy atom. The number of hydrogen-bond acceptors (Lipinski definition) is 7. The van der Waals surface area contributed by atoms with E-state index < -0.39 is 10.9 Å². The van der Waals surface area contributed by atoms with Gasteiger partial charge in [0.2, 0.25) is 5.82 Å². The number of nitrogens with zero attached hydrogens (tertiary/aromatic N) is 2. The van der Waals surface area contributed by atoms with E-state index in [1.165, 1.54) is 19.2 Å². The number of carbonyl (C=O) groups excluding carboxylic acids is 1. The number of ether oxygens (including phenoxy) is 1. The predicted octanol–water partition coefficient (Wildman–Crippen LogP) is 0.571. The maximum Gasteiger partial charge on any atom is 0.356 e. The summed E-state index contributed by atoms with van der Waals surface area (Å²) in [7, 11) is 1.20. The lowest BCUT2D eigenvalue weighted by Crippen LogP contribution is -2.11. The number of nitrogens with one attached hydrogen (secondary N) is 1. The number of aliphatic hydroxyl groups is 1. The van der Waals surface area contributed by atoms with Gasteiger partial charge in [-0.1, -0.05) is 0 Å². The first kappa shape index (κ1) is 13.8. The van der Waals surface area contributed by atoms with Gasteiger partial charge in [-0.25, -0.2) is 9.78 Å². The summed E-state index contributed by atoms with van der Waals surface area (Å²) in [5.41, 5.74) is -0.254. The summed E-state index contributed by atoms with van der Waals surface area (Å²) in [5, 5.41) is 22.1. The summed E-state index contributed by atoms with van der Waals surface area (Å²) < 4.78 is 4.48. The van der Waals surface area contributed by atoms with Crippen LogP contribution in [-0.2, 0) is 4.74 Å². The second-order valence-corrected chi connectivity index (χ2v) is 3.32. The number of rotatable bonds is 6. The van der Waals surface area contributed by atoms with Crippen LogP contribution in [0.15, 0.2) is 12.1 Å². The smallest absolute Gasteiger partial charge is 0.356 e. The van der Waals surface area contributed by atoms with Crippen molar-refractivity contribution >= 4 is 17.5 Å². The lowest BCUT2D eigenvalue weighted by molar-refractivity contribution is -0.384. The molecule has 0 atom stereocenters. The minimum absolute atomic E-state index is 0.0173. The predicted molar refractivity (Wildman–Crippen MR) is 62.4 cm³/mol. The van der Waals surface area contributed by atoms with E-state index in [4.69, 9.17) is 5.11 Å². The van der Waals surface area contributed by atoms with Gasteiger partial charge in [-0.15, -0.1) is 0 Å². The standard InChI is InChI=1S/C10H13N3O5/c1-18-10(15)7-3-4-8(13(16)17)9(12-7)11-5-2-6-14/h3-4,14H,2,5-6H2,1H3,(H,11,12). The number of aromatic nitrogens is 1. The number of aliphatic hydroxyl groups excluding tert-OH is 1. The first-order valence-electron chi connectivity index (χ1n) is 5.18. The second-order valence-electron chi connectivity index (χ2n) is 3.32. The zero-order valence-corrected chi connectivity index (χ0v) is 9.75. The van der Waals surface area contributed by atoms with E-state index in [0.717, 1.165) is 0 Å². The molecule has 0 aliphatic rings. The lowest BCUT2D eigenvalue weighted by Gasteiger charge is -2.06. The highest BCUT2D eigenvalue weighted by molar-refractivity contribution is 5.88. The van der Waals surface area contributed by atoms with Gasteiger partial charge in [0.25, 0.3) is 0 Å². The molecule has 0 bridgehead atoms. The van der Waals surface area contributed by atoms with Crippen LogP contribution in [0.25, 0.3) is 0 Å². The average molecular weight is 255 g/mol. The van der Waals surface area contributed by atoms with Crippen LogP contribution in [0.1, 0.15) is 16.9 Å². The van der Waals surface area contributed by atoms with E-state index in [-0.39, 0.29) is 23.8 Å². The summed E-state index contributed by atoms with van der Waals surface area (Å²) in [6.45, 7) is 0.270. The fourth-order valence-electron chi connectivity index (χ4n) is 1.23. The Kier molecular flexibility index (Phi) is 5.00. The summed E-state index contributed by atoms with van der Waals surface area (Å²) in [6.07, 6.45) is 0.418. The van der Waals surface area contributed by atoms with E-state index >= 15 is 0 Å². The van der Waals surface area contributed by atoms with Crippen molar-refractivity contribution in [3.63, 3.8) is 0 Å². The molecule has 0 aliphatic heterocycles. The molecule has 1 aromatic heterocycles. The summed E-state index contributed by atoms with van der Waals surface area (Å²) >= 11 is 0. The van der Waals surface area contributed by atoms with Gasteiger partial charge in [0, 0.05) is 19.2 Å². The van der Waals surface area contributed by atoms with Crippen molar-refractivity contribution in [1.82, 2.24) is 4.98 Å². The Morgan fingerprint density at radius 3 is 2.89 bits per heavy atom. The molecule has 8 nitrogen and oxygen atoms in total. The number of methoxy groups -OCH3 is 1. The van der Waals surface area contributed by atoms with Crippen LogP contribution >= 0.6 is 0 Å². The molecule has 1 rings (SSSR count). The van der Waals surface area contributed by atoms with Gasteiger partial charge in [0.05, 0.1) is 12.0 Å². The minimum atomic E-state index is -0.671. The van der Waals surface area contributed by atoms with Crippen LogP contribution in [0.4, 0.5) is 11.5 Å². The van der Waals surface area contributed by atoms with Crippen molar-refractivity contribution in [2.45, 2.75) is 6.42 Å². The Bertz CT molecular complexity index is 449. The zero-order chi connectivity index (χ0) is 13.5. The molecule has 8 heteroatoms. The Morgan fingerprint density at radius 2 is 2.33 bits per heavy atom. The third-order valence-corrected chi connectivity index (χ3v) is 2.09. The largest absolute Gasteiger partial charge is 0.464 e. The van der Waals surface area contributed by atoms with E-state index in [2.05, 4.69) is 15.0 Å². The SMILES string of the molecule is COC(=O)c1ccc([N+](=O)[O-])c(NCCCO)n1. The molecular weight excluding hydrogens is 242 g/mol. The number of esters is 1. The van der Waals surface area contributed by atoms with Crippen molar-refractivity contribution in [1.29, 1.82) is 0 Å². The fourth-order valence-corrected chi connectivity index (χ4v) is 1.23. The normalized spacial score (nSPS) is 9.89. The van der Waals surface area contributed by atoms with E-state index in [1.807, 2.05) is 0 Å². The molecule has 0 spiro atoms. The Hall–Kier alpha value is -2.22. The summed E-state index contributed by atoms with van der Waals surface area (Å²) in [6, 6.07) is 2.40. The average Bonchev–Trinajstić information content (AvgIpc) is 2.37. The van der Waals surface area contributed by atoms with Crippen LogP contribution in [0.3, 0.4) is 0 Å². The quantitative estimate of drug-likeness (QED) is 0.330. The molecule has 98 valence electrons. The van der Waals surface area contributed by atoms with Gasteiger partial charge in [-0.05, 0) is 12.5 Å². The Balaban J connectivity index is 2.99. The molecule has 0 fully saturated rings. The van der Waals surface area contributed by atoms with Gasteiger partial charge < -0.3 is 15.2 Å². The van der Waals surface area contributed by atoms with Crippen molar-refractivity contribution in [3.05, 3.63) is 27.9 Å². The first-order valence-corrected chi connectivity index (χ1v) is 5.18. The molecular formula is C10H13N3O5. The highest BCUT2D eigenvalue weighted by atomic mass is 16.6. The van der Waals surface area contributed by atoms with Crippen LogP contribution in [0.2, 0.25) is 0 Å². The molecule has 2 N–H and O–H groups in total. The van der Waals surface area contributed by atoms with E-state index in [1.54, 1.807) is 0 Å². The highest BCUT2D eigenvalue weighted by Gasteiger charge is 2.18. The third-order valence-electron chi connectivity index (χ3n) is 2.09. The lowest BCUT2D eigenvalue weighted by atomic mass is 10.3. The highest BCUT2D eigenvalue weighted by Crippen LogP contribution is 2.22. The van der Waals surface area contributed by atoms with Crippen molar-refractivity contribution < 1.29 is 19.6 Å². The van der Waals surface area contributed by atoms with Crippen molar-refractivity contribution in [2.24, 2.45) is 0 Å². The maximum atomic E-state index is 11.3. The zero-order valence-electron chi connectivity index (χ0n) is 9.75. The monoisotopic (exact) mass is 255 g/mol. The molecule has 0 unspecified atom stereocenters. The van der Waals surface area contributed by atoms with E-state index in [0.29, 0.717) is 13.0 Å². The van der Waals surface area contributed by atoms with Gasteiger partial charge in [-0.3, -0.25) is 10.1 Å². The van der Waals surface area contributed by atoms with Gasteiger partial charge >= 0.3 is 11.7 Å². The molecule has 0 amide bonds. The van der Waals surface area contributed by atoms with Crippen molar-refractivity contribution in [3.8, 4) is 0 Å². The molecule has 18 heavy (non-hydrogen) atoms. The molecule has 1 aromatic rings. The van der Waals surface area contributed by atoms with Gasteiger partial charge in [-0.2, -0.15) is 0 Å². The molecule has 0 aliphatic carbocycles. The number of nitro groups is 1. The summed E-state index contributed by atoms with van der Waals surface area (Å²) in [5.74, 6) is -0.688. The van der Waals surface area contributed by atoms with Gasteiger partial charge in [0.15, 0.2) is 5.69 Å². The van der Waals surface area contributed by atoms with Gasteiger partial charge in [0.1, 0.15) is 0 Å². The molecule has 0 aromatic carbocycles. The number of pyridine rings is 1. The topological polar surface area (TPSA) is 115 Å². The second kappa shape index (κ2) is 6.50. The minimum Gasteiger partial charge on any atom is -0.464 e.